The molecule has 0 amide bonds. The summed E-state index contributed by atoms with van der Waals surface area (Å²) in [6, 6.07) is 36.5. The number of hydrogen-bond donors (Lipinski definition) is 1. The molecule has 6 aromatic carbocycles. The van der Waals surface area contributed by atoms with Gasteiger partial charge in [-0.05, 0) is 93.6 Å². The molecule has 0 radical (unpaired) electrons. The number of aromatic hydroxyl groups is 1. The van der Waals surface area contributed by atoms with Gasteiger partial charge in [0.1, 0.15) is 11.6 Å². The molecule has 4 nitrogen and oxygen atoms in total. The van der Waals surface area contributed by atoms with Crippen molar-refractivity contribution in [1.29, 1.82) is 0 Å². The number of para-hydroxylation sites is 1. The molecular formula is C59H62N3OPt-. The summed E-state index contributed by atoms with van der Waals surface area (Å²) in [5.74, 6) is 1.22. The maximum Gasteiger partial charge on any atom is 0.148 e. The minimum absolute atomic E-state index is 0. The smallest absolute Gasteiger partial charge is 0.148 e. The number of pyridine rings is 1. The van der Waals surface area contributed by atoms with Crippen LogP contribution in [0.2, 0.25) is 0 Å². The second-order valence-corrected chi connectivity index (χ2v) is 20.3. The van der Waals surface area contributed by atoms with Crippen LogP contribution in [0.15, 0.2) is 133 Å². The molecule has 0 spiro atoms. The molecule has 0 fully saturated rings. The first-order valence-corrected chi connectivity index (χ1v) is 21.9. The third-order valence-electron chi connectivity index (χ3n) is 11.7. The number of benzene rings is 6. The molecule has 64 heavy (non-hydrogen) atoms. The zero-order valence-corrected chi connectivity index (χ0v) is 41.1. The summed E-state index contributed by atoms with van der Waals surface area (Å²) in [6.07, 6.45) is 2.47. The first-order valence-electron chi connectivity index (χ1n) is 25.4. The van der Waals surface area contributed by atoms with Crippen molar-refractivity contribution in [3.8, 4) is 67.5 Å². The van der Waals surface area contributed by atoms with Gasteiger partial charge in [-0.15, -0.1) is 29.3 Å². The minimum Gasteiger partial charge on any atom is -0.507 e. The van der Waals surface area contributed by atoms with Crippen LogP contribution < -0.4 is 0 Å². The molecule has 5 heteroatoms. The van der Waals surface area contributed by atoms with Crippen LogP contribution in [0.25, 0.3) is 72.7 Å². The van der Waals surface area contributed by atoms with E-state index < -0.39 is 42.0 Å². The summed E-state index contributed by atoms with van der Waals surface area (Å²) >= 11 is 0. The average Bonchev–Trinajstić information content (AvgIpc) is 3.66. The molecule has 1 N–H and O–H groups in total. The van der Waals surface area contributed by atoms with E-state index in [2.05, 4.69) is 154 Å². The maximum absolute atomic E-state index is 12.6. The number of rotatable bonds is 8. The summed E-state index contributed by atoms with van der Waals surface area (Å²) in [7, 11) is 0. The molecular weight excluding hydrogens is 962 g/mol. The zero-order chi connectivity index (χ0) is 51.0. The summed E-state index contributed by atoms with van der Waals surface area (Å²) in [4.78, 5) is 10.4. The van der Waals surface area contributed by atoms with Crippen LogP contribution >= 0.6 is 0 Å². The molecule has 8 rings (SSSR count). The molecule has 8 aromatic rings. The molecule has 0 saturated carbocycles. The van der Waals surface area contributed by atoms with Gasteiger partial charge in [-0.25, -0.2) is 4.98 Å². The van der Waals surface area contributed by atoms with E-state index in [-0.39, 0.29) is 43.2 Å². The van der Waals surface area contributed by atoms with Gasteiger partial charge in [-0.1, -0.05) is 178 Å². The molecule has 0 aliphatic rings. The Morgan fingerprint density at radius 2 is 1.36 bits per heavy atom. The van der Waals surface area contributed by atoms with Crippen LogP contribution in [0, 0.1) is 18.8 Å². The standard InChI is InChI=1S/C59H62N3O.Pt/c1-37(2)29-39-23-26-52(48(30-39)41-17-14-13-15-18-41)62-53-20-16-19-47(54(53)61-56(62)49-35-46(58(7,8)9)36-50(55(49)63)59(10,11)12)43-31-44(33-45(32-43)57(4,5)6)51-34-42(27-28-60-51)40-24-21-38(3)22-25-40;/h13-28,30,32-37,63H,29H2,1-12H3;/q-1;/i3D3,21D,22D,24D,25D;. The topological polar surface area (TPSA) is 50.9 Å². The summed E-state index contributed by atoms with van der Waals surface area (Å²) in [5.41, 5.74) is 10.7. The number of aromatic nitrogens is 3. The molecule has 2 aromatic heterocycles. The van der Waals surface area contributed by atoms with E-state index in [4.69, 9.17) is 19.6 Å². The summed E-state index contributed by atoms with van der Waals surface area (Å²) in [5, 5.41) is 12.6. The van der Waals surface area contributed by atoms with Gasteiger partial charge >= 0.3 is 0 Å². The Labute approximate surface area is 406 Å². The quantitative estimate of drug-likeness (QED) is 0.154. The maximum atomic E-state index is 12.6. The van der Waals surface area contributed by atoms with Crippen LogP contribution in [0.1, 0.15) is 114 Å². The van der Waals surface area contributed by atoms with Gasteiger partial charge < -0.3 is 5.11 Å². The van der Waals surface area contributed by atoms with Gasteiger partial charge in [0, 0.05) is 48.2 Å². The summed E-state index contributed by atoms with van der Waals surface area (Å²) < 4.78 is 60.8. The van der Waals surface area contributed by atoms with Crippen LogP contribution in [0.4, 0.5) is 0 Å². The summed E-state index contributed by atoms with van der Waals surface area (Å²) in [6.45, 7) is 20.9. The van der Waals surface area contributed by atoms with Crippen LogP contribution in [0.3, 0.4) is 0 Å². The van der Waals surface area contributed by atoms with E-state index in [1.165, 1.54) is 5.56 Å². The number of fused-ring (bicyclic) bond motifs is 1. The van der Waals surface area contributed by atoms with Crippen molar-refractivity contribution in [2.45, 2.75) is 106 Å². The van der Waals surface area contributed by atoms with Crippen molar-refractivity contribution < 1.29 is 35.8 Å². The number of hydrogen-bond acceptors (Lipinski definition) is 3. The normalized spacial score (nSPS) is 14.0. The van der Waals surface area contributed by atoms with Crippen molar-refractivity contribution in [1.82, 2.24) is 14.5 Å². The van der Waals surface area contributed by atoms with E-state index in [9.17, 15) is 5.11 Å². The Morgan fingerprint density at radius 1 is 0.672 bits per heavy atom. The van der Waals surface area contributed by atoms with Gasteiger partial charge in [-0.2, -0.15) is 0 Å². The van der Waals surface area contributed by atoms with Crippen LogP contribution in [-0.4, -0.2) is 19.6 Å². The predicted octanol–water partition coefficient (Wildman–Crippen LogP) is 15.7. The Bertz CT molecular complexity index is 3290. The Morgan fingerprint density at radius 3 is 2.02 bits per heavy atom. The zero-order valence-electron chi connectivity index (χ0n) is 45.8. The van der Waals surface area contributed by atoms with Gasteiger partial charge in [0.05, 0.1) is 27.8 Å². The Balaban J connectivity index is 0.00000741. The number of imidazole rings is 1. The monoisotopic (exact) mass is 1030 g/mol. The van der Waals surface area contributed by atoms with Crippen molar-refractivity contribution in [3.05, 3.63) is 167 Å². The molecule has 0 atom stereocenters. The first kappa shape index (κ1) is 37.8. The minimum atomic E-state index is -2.83. The second-order valence-electron chi connectivity index (χ2n) is 20.3. The van der Waals surface area contributed by atoms with Crippen LogP contribution in [0.5, 0.6) is 5.75 Å². The van der Waals surface area contributed by atoms with Crippen LogP contribution in [-0.2, 0) is 43.7 Å². The second kappa shape index (κ2) is 17.8. The van der Waals surface area contributed by atoms with E-state index in [1.54, 1.807) is 18.3 Å². The Kier molecular flexibility index (Phi) is 10.5. The Hall–Kier alpha value is -5.57. The largest absolute Gasteiger partial charge is 0.507 e. The molecule has 0 saturated heterocycles. The third kappa shape index (κ3) is 9.45. The third-order valence-corrected chi connectivity index (χ3v) is 11.7. The van der Waals surface area contributed by atoms with E-state index in [0.717, 1.165) is 56.6 Å². The fourth-order valence-electron chi connectivity index (χ4n) is 8.25. The van der Waals surface area contributed by atoms with Crippen molar-refractivity contribution in [3.63, 3.8) is 0 Å². The fourth-order valence-corrected chi connectivity index (χ4v) is 8.25. The molecule has 0 aliphatic heterocycles. The molecule has 2 heterocycles. The predicted molar refractivity (Wildman–Crippen MR) is 266 cm³/mol. The molecule has 330 valence electrons. The van der Waals surface area contributed by atoms with Crippen molar-refractivity contribution >= 4 is 11.0 Å². The van der Waals surface area contributed by atoms with Crippen molar-refractivity contribution in [2.24, 2.45) is 5.92 Å². The van der Waals surface area contributed by atoms with Gasteiger partial charge in [0.2, 0.25) is 0 Å². The molecule has 0 unspecified atom stereocenters. The fraction of sp³-hybridized carbons (Fsp3) is 0.288. The first-order chi connectivity index (χ1) is 32.6. The molecule has 0 bridgehead atoms. The number of phenolic OH excluding ortho intramolecular Hbond substituents is 1. The number of phenols is 1. The van der Waals surface area contributed by atoms with Gasteiger partial charge in [-0.3, -0.25) is 9.55 Å². The van der Waals surface area contributed by atoms with Gasteiger partial charge in [0.15, 0.2) is 0 Å². The van der Waals surface area contributed by atoms with Crippen molar-refractivity contribution in [2.75, 3.05) is 0 Å². The number of nitrogens with zero attached hydrogens (tertiary/aromatic N) is 3. The van der Waals surface area contributed by atoms with Gasteiger partial charge in [0.25, 0.3) is 0 Å². The SMILES string of the molecule is [2H]c1c([2H])c(C([2H])([2H])[2H])c([2H])c([2H])c1-c1ccnc(-c2[c-]c(-c3cccc4c3nc(-c3cc(C(C)(C)C)cc(C(C)(C)C)c3O)n4-c3ccc(CC(C)C)cc3-c3ccccc3)cc(C(C)(C)C)c2)c1.[Pt]. The van der Waals surface area contributed by atoms with E-state index in [1.807, 2.05) is 24.3 Å². The average molecular weight is 1030 g/mol. The molecule has 0 aliphatic carbocycles. The van der Waals surface area contributed by atoms with E-state index in [0.29, 0.717) is 39.6 Å². The van der Waals surface area contributed by atoms with E-state index >= 15 is 0 Å².